The van der Waals surface area contributed by atoms with Crippen molar-refractivity contribution < 1.29 is 9.32 Å². The fraction of sp³-hybridized carbons (Fsp3) is 0.375. The molecule has 2 N–H and O–H groups in total. The number of para-hydroxylation sites is 1. The van der Waals surface area contributed by atoms with Crippen LogP contribution >= 0.6 is 0 Å². The summed E-state index contributed by atoms with van der Waals surface area (Å²) in [7, 11) is 0. The Hall–Kier alpha value is -2.30. The zero-order valence-electron chi connectivity index (χ0n) is 12.6. The molecule has 0 radical (unpaired) electrons. The Labute approximate surface area is 124 Å². The van der Waals surface area contributed by atoms with E-state index in [1.807, 2.05) is 31.2 Å². The SMILES string of the molecule is Cc1cc(NCCC(=O)Nc2ccccc2C(C)C)no1. The van der Waals surface area contributed by atoms with Gasteiger partial charge < -0.3 is 15.2 Å². The largest absolute Gasteiger partial charge is 0.367 e. The number of anilines is 2. The van der Waals surface area contributed by atoms with E-state index in [9.17, 15) is 4.79 Å². The number of amides is 1. The lowest BCUT2D eigenvalue weighted by Gasteiger charge is -2.13. The Balaban J connectivity index is 1.84. The lowest BCUT2D eigenvalue weighted by molar-refractivity contribution is -0.115. The van der Waals surface area contributed by atoms with E-state index in [-0.39, 0.29) is 5.91 Å². The summed E-state index contributed by atoms with van der Waals surface area (Å²) in [5.41, 5.74) is 2.03. The summed E-state index contributed by atoms with van der Waals surface area (Å²) in [5.74, 6) is 1.75. The van der Waals surface area contributed by atoms with Gasteiger partial charge >= 0.3 is 0 Å². The number of carbonyl (C=O) groups is 1. The number of rotatable bonds is 6. The molecular formula is C16H21N3O2. The van der Waals surface area contributed by atoms with Crippen molar-refractivity contribution in [3.05, 3.63) is 41.7 Å². The lowest BCUT2D eigenvalue weighted by Crippen LogP contribution is -2.17. The second-order valence-corrected chi connectivity index (χ2v) is 5.29. The minimum absolute atomic E-state index is 0.0178. The van der Waals surface area contributed by atoms with Gasteiger partial charge in [0.05, 0.1) is 0 Å². The number of aryl methyl sites for hydroxylation is 1. The zero-order valence-corrected chi connectivity index (χ0v) is 12.6. The normalized spacial score (nSPS) is 10.7. The van der Waals surface area contributed by atoms with Gasteiger partial charge in [0, 0.05) is 24.7 Å². The van der Waals surface area contributed by atoms with Gasteiger partial charge in [0.25, 0.3) is 0 Å². The highest BCUT2D eigenvalue weighted by molar-refractivity contribution is 5.91. The smallest absolute Gasteiger partial charge is 0.226 e. The molecule has 112 valence electrons. The molecule has 0 unspecified atom stereocenters. The molecule has 0 aliphatic carbocycles. The van der Waals surface area contributed by atoms with Crippen molar-refractivity contribution in [2.45, 2.75) is 33.1 Å². The van der Waals surface area contributed by atoms with Gasteiger partial charge in [0.2, 0.25) is 5.91 Å². The molecule has 1 amide bonds. The maximum atomic E-state index is 12.0. The maximum Gasteiger partial charge on any atom is 0.226 e. The van der Waals surface area contributed by atoms with Gasteiger partial charge in [-0.25, -0.2) is 0 Å². The van der Waals surface area contributed by atoms with E-state index in [4.69, 9.17) is 4.52 Å². The summed E-state index contributed by atoms with van der Waals surface area (Å²) in [6.45, 7) is 6.56. The van der Waals surface area contributed by atoms with Crippen LogP contribution in [0.3, 0.4) is 0 Å². The van der Waals surface area contributed by atoms with Crippen LogP contribution in [0, 0.1) is 6.92 Å². The number of hydrogen-bond donors (Lipinski definition) is 2. The van der Waals surface area contributed by atoms with Gasteiger partial charge in [-0.3, -0.25) is 4.79 Å². The van der Waals surface area contributed by atoms with Gasteiger partial charge in [0.15, 0.2) is 5.82 Å². The fourth-order valence-corrected chi connectivity index (χ4v) is 2.08. The molecule has 0 spiro atoms. The molecule has 21 heavy (non-hydrogen) atoms. The van der Waals surface area contributed by atoms with Gasteiger partial charge in [-0.15, -0.1) is 0 Å². The van der Waals surface area contributed by atoms with Gasteiger partial charge in [-0.05, 0) is 24.5 Å². The van der Waals surface area contributed by atoms with E-state index < -0.39 is 0 Å². The van der Waals surface area contributed by atoms with Crippen molar-refractivity contribution in [1.82, 2.24) is 5.16 Å². The van der Waals surface area contributed by atoms with E-state index in [1.165, 1.54) is 0 Å². The number of carbonyl (C=O) groups excluding carboxylic acids is 1. The third-order valence-electron chi connectivity index (χ3n) is 3.14. The van der Waals surface area contributed by atoms with Gasteiger partial charge in [-0.1, -0.05) is 37.2 Å². The van der Waals surface area contributed by atoms with Crippen molar-refractivity contribution in [3.8, 4) is 0 Å². The van der Waals surface area contributed by atoms with Crippen molar-refractivity contribution in [3.63, 3.8) is 0 Å². The Morgan fingerprint density at radius 3 is 2.76 bits per heavy atom. The second kappa shape index (κ2) is 6.92. The Kier molecular flexibility index (Phi) is 4.98. The third-order valence-corrected chi connectivity index (χ3v) is 3.14. The number of nitrogens with one attached hydrogen (secondary N) is 2. The number of benzene rings is 1. The van der Waals surface area contributed by atoms with Crippen LogP contribution in [0.2, 0.25) is 0 Å². The predicted molar refractivity (Wildman–Crippen MR) is 83.5 cm³/mol. The summed E-state index contributed by atoms with van der Waals surface area (Å²) >= 11 is 0. The molecular weight excluding hydrogens is 266 g/mol. The highest BCUT2D eigenvalue weighted by Gasteiger charge is 2.09. The summed E-state index contributed by atoms with van der Waals surface area (Å²) in [5, 5.41) is 9.83. The first-order valence-electron chi connectivity index (χ1n) is 7.12. The molecule has 2 aromatic rings. The second-order valence-electron chi connectivity index (χ2n) is 5.29. The number of aromatic nitrogens is 1. The molecule has 5 nitrogen and oxygen atoms in total. The molecule has 0 aliphatic heterocycles. The summed E-state index contributed by atoms with van der Waals surface area (Å²) in [4.78, 5) is 12.0. The molecule has 0 aliphatic rings. The summed E-state index contributed by atoms with van der Waals surface area (Å²) < 4.78 is 4.95. The van der Waals surface area contributed by atoms with Crippen molar-refractivity contribution in [2.75, 3.05) is 17.2 Å². The van der Waals surface area contributed by atoms with Crippen molar-refractivity contribution >= 4 is 17.4 Å². The molecule has 1 aromatic heterocycles. The van der Waals surface area contributed by atoms with Crippen LogP contribution in [0.25, 0.3) is 0 Å². The molecule has 1 aromatic carbocycles. The average molecular weight is 287 g/mol. The number of nitrogens with zero attached hydrogens (tertiary/aromatic N) is 1. The first-order chi connectivity index (χ1) is 10.1. The van der Waals surface area contributed by atoms with E-state index >= 15 is 0 Å². The van der Waals surface area contributed by atoms with Crippen molar-refractivity contribution in [1.29, 1.82) is 0 Å². The quantitative estimate of drug-likeness (QED) is 0.852. The molecule has 0 bridgehead atoms. The highest BCUT2D eigenvalue weighted by Crippen LogP contribution is 2.23. The molecule has 0 saturated heterocycles. The Morgan fingerprint density at radius 1 is 1.33 bits per heavy atom. The van der Waals surface area contributed by atoms with E-state index in [1.54, 1.807) is 6.07 Å². The molecule has 1 heterocycles. The van der Waals surface area contributed by atoms with Crippen LogP contribution in [0.15, 0.2) is 34.9 Å². The molecule has 5 heteroatoms. The van der Waals surface area contributed by atoms with Gasteiger partial charge in [0.1, 0.15) is 5.76 Å². The van der Waals surface area contributed by atoms with Crippen molar-refractivity contribution in [2.24, 2.45) is 0 Å². The fourth-order valence-electron chi connectivity index (χ4n) is 2.08. The predicted octanol–water partition coefficient (Wildman–Crippen LogP) is 3.55. The minimum Gasteiger partial charge on any atom is -0.367 e. The molecule has 0 atom stereocenters. The highest BCUT2D eigenvalue weighted by atomic mass is 16.5. The van der Waals surface area contributed by atoms with Crippen LogP contribution in [0.1, 0.15) is 37.5 Å². The van der Waals surface area contributed by atoms with Gasteiger partial charge in [-0.2, -0.15) is 0 Å². The lowest BCUT2D eigenvalue weighted by atomic mass is 10.0. The van der Waals surface area contributed by atoms with Crippen LogP contribution in [0.5, 0.6) is 0 Å². The van der Waals surface area contributed by atoms with Crippen LogP contribution in [-0.2, 0) is 4.79 Å². The Bertz CT molecular complexity index is 605. The first-order valence-corrected chi connectivity index (χ1v) is 7.12. The van der Waals surface area contributed by atoms with Crippen LogP contribution in [-0.4, -0.2) is 17.6 Å². The standard InChI is InChI=1S/C16H21N3O2/c1-11(2)13-6-4-5-7-14(13)18-16(20)8-9-17-15-10-12(3)21-19-15/h4-7,10-11H,8-9H2,1-3H3,(H,17,19)(H,18,20). The molecule has 2 rings (SSSR count). The first kappa shape index (κ1) is 15.1. The maximum absolute atomic E-state index is 12.0. The summed E-state index contributed by atoms with van der Waals surface area (Å²) in [6, 6.07) is 9.68. The van der Waals surface area contributed by atoms with Crippen LogP contribution < -0.4 is 10.6 Å². The molecule has 0 fully saturated rings. The number of hydrogen-bond acceptors (Lipinski definition) is 4. The summed E-state index contributed by atoms with van der Waals surface area (Å²) in [6.07, 6.45) is 0.373. The van der Waals surface area contributed by atoms with E-state index in [0.717, 1.165) is 17.0 Å². The molecule has 0 saturated carbocycles. The van der Waals surface area contributed by atoms with Crippen LogP contribution in [0.4, 0.5) is 11.5 Å². The topological polar surface area (TPSA) is 67.2 Å². The minimum atomic E-state index is -0.0178. The van der Waals surface area contributed by atoms with E-state index in [0.29, 0.717) is 24.7 Å². The average Bonchev–Trinajstić information content (AvgIpc) is 2.85. The Morgan fingerprint density at radius 2 is 2.10 bits per heavy atom. The monoisotopic (exact) mass is 287 g/mol. The zero-order chi connectivity index (χ0) is 15.2. The van der Waals surface area contributed by atoms with E-state index in [2.05, 4.69) is 29.6 Å². The third kappa shape index (κ3) is 4.34.